The van der Waals surface area contributed by atoms with Gasteiger partial charge in [-0.05, 0) is 18.9 Å². The molecule has 0 bridgehead atoms. The van der Waals surface area contributed by atoms with E-state index in [4.69, 9.17) is 10.5 Å². The van der Waals surface area contributed by atoms with Gasteiger partial charge in [-0.1, -0.05) is 30.3 Å². The van der Waals surface area contributed by atoms with E-state index in [1.165, 1.54) is 17.3 Å². The van der Waals surface area contributed by atoms with E-state index in [0.717, 1.165) is 12.2 Å². The molecule has 0 unspecified atom stereocenters. The fourth-order valence-corrected chi connectivity index (χ4v) is 2.26. The van der Waals surface area contributed by atoms with E-state index in [9.17, 15) is 4.79 Å². The molecule has 1 aromatic carbocycles. The van der Waals surface area contributed by atoms with E-state index in [2.05, 4.69) is 12.1 Å². The number of ether oxygens (including phenoxy) is 1. The molecule has 0 saturated carbocycles. The normalized spacial score (nSPS) is 12.1. The summed E-state index contributed by atoms with van der Waals surface area (Å²) in [5.41, 5.74) is 7.23. The highest BCUT2D eigenvalue weighted by Gasteiger charge is 2.07. The van der Waals surface area contributed by atoms with Crippen molar-refractivity contribution in [3.63, 3.8) is 0 Å². The van der Waals surface area contributed by atoms with Crippen LogP contribution in [0, 0.1) is 0 Å². The second kappa shape index (κ2) is 8.14. The maximum absolute atomic E-state index is 11.1. The molecule has 0 aliphatic rings. The van der Waals surface area contributed by atoms with Crippen LogP contribution in [0.15, 0.2) is 30.3 Å². The van der Waals surface area contributed by atoms with Crippen LogP contribution in [0.2, 0.25) is 0 Å². The average Bonchev–Trinajstić information content (AvgIpc) is 2.30. The Kier molecular flexibility index (Phi) is 6.74. The number of carbonyl (C=O) groups excluding carboxylic acids is 1. The van der Waals surface area contributed by atoms with Gasteiger partial charge in [0, 0.05) is 11.8 Å². The number of hydrogen-bond acceptors (Lipinski definition) is 4. The third kappa shape index (κ3) is 6.34. The lowest BCUT2D eigenvalue weighted by atomic mass is 10.1. The fourth-order valence-electron chi connectivity index (χ4n) is 1.47. The number of hydrogen-bond donors (Lipinski definition) is 1. The summed E-state index contributed by atoms with van der Waals surface area (Å²) < 4.78 is 4.84. The Morgan fingerprint density at radius 3 is 2.76 bits per heavy atom. The minimum atomic E-state index is -0.163. The minimum Gasteiger partial charge on any atom is -0.465 e. The number of carbonyl (C=O) groups is 1. The zero-order valence-electron chi connectivity index (χ0n) is 10.1. The van der Waals surface area contributed by atoms with Crippen LogP contribution in [-0.2, 0) is 16.0 Å². The van der Waals surface area contributed by atoms with Crippen LogP contribution in [0.1, 0.15) is 12.5 Å². The first-order valence-electron chi connectivity index (χ1n) is 5.75. The van der Waals surface area contributed by atoms with Gasteiger partial charge in [-0.2, -0.15) is 0 Å². The second-order valence-electron chi connectivity index (χ2n) is 3.77. The van der Waals surface area contributed by atoms with E-state index < -0.39 is 0 Å². The SMILES string of the molecule is CCOC(=O)CSC[C@H](N)Cc1ccccc1. The van der Waals surface area contributed by atoms with Crippen molar-refractivity contribution in [1.29, 1.82) is 0 Å². The average molecular weight is 253 g/mol. The summed E-state index contributed by atoms with van der Waals surface area (Å²) in [5.74, 6) is 0.994. The van der Waals surface area contributed by atoms with Gasteiger partial charge in [-0.15, -0.1) is 11.8 Å². The Labute approximate surface area is 107 Å². The summed E-state index contributed by atoms with van der Waals surface area (Å²) >= 11 is 1.53. The van der Waals surface area contributed by atoms with Crippen molar-refractivity contribution >= 4 is 17.7 Å². The number of rotatable bonds is 7. The molecular weight excluding hydrogens is 234 g/mol. The zero-order valence-corrected chi connectivity index (χ0v) is 10.9. The van der Waals surface area contributed by atoms with Gasteiger partial charge >= 0.3 is 5.97 Å². The number of esters is 1. The molecule has 1 aromatic rings. The van der Waals surface area contributed by atoms with Crippen LogP contribution in [0.25, 0.3) is 0 Å². The van der Waals surface area contributed by atoms with Crippen molar-refractivity contribution in [1.82, 2.24) is 0 Å². The summed E-state index contributed by atoms with van der Waals surface area (Å²) in [6.45, 7) is 2.25. The quantitative estimate of drug-likeness (QED) is 0.754. The van der Waals surface area contributed by atoms with Crippen molar-refractivity contribution in [2.24, 2.45) is 5.73 Å². The van der Waals surface area contributed by atoms with E-state index in [0.29, 0.717) is 12.4 Å². The molecule has 0 aromatic heterocycles. The first kappa shape index (κ1) is 14.1. The van der Waals surface area contributed by atoms with E-state index >= 15 is 0 Å². The molecule has 94 valence electrons. The van der Waals surface area contributed by atoms with Crippen LogP contribution >= 0.6 is 11.8 Å². The Morgan fingerprint density at radius 2 is 2.12 bits per heavy atom. The standard InChI is InChI=1S/C13H19NO2S/c1-2-16-13(15)10-17-9-12(14)8-11-6-4-3-5-7-11/h3-7,12H,2,8-10,14H2,1H3/t12-/m1/s1. The molecule has 3 nitrogen and oxygen atoms in total. The molecule has 0 radical (unpaired) electrons. The highest BCUT2D eigenvalue weighted by molar-refractivity contribution is 7.99. The summed E-state index contributed by atoms with van der Waals surface area (Å²) in [6, 6.07) is 10.2. The lowest BCUT2D eigenvalue weighted by Crippen LogP contribution is -2.26. The predicted octanol–water partition coefficient (Wildman–Crippen LogP) is 1.85. The van der Waals surface area contributed by atoms with Gasteiger partial charge in [-0.3, -0.25) is 4.79 Å². The van der Waals surface area contributed by atoms with Crippen molar-refractivity contribution in [3.8, 4) is 0 Å². The summed E-state index contributed by atoms with van der Waals surface area (Å²) in [6.07, 6.45) is 0.844. The molecule has 0 aliphatic heterocycles. The monoisotopic (exact) mass is 253 g/mol. The van der Waals surface area contributed by atoms with Gasteiger partial charge in [-0.25, -0.2) is 0 Å². The van der Waals surface area contributed by atoms with Crippen LogP contribution in [-0.4, -0.2) is 30.1 Å². The fraction of sp³-hybridized carbons (Fsp3) is 0.462. The molecule has 0 spiro atoms. The Hall–Kier alpha value is -1.00. The molecular formula is C13H19NO2S. The van der Waals surface area contributed by atoms with Crippen LogP contribution in [0.3, 0.4) is 0 Å². The molecule has 17 heavy (non-hydrogen) atoms. The Balaban J connectivity index is 2.17. The van der Waals surface area contributed by atoms with Crippen molar-refractivity contribution in [2.75, 3.05) is 18.1 Å². The topological polar surface area (TPSA) is 52.3 Å². The van der Waals surface area contributed by atoms with Crippen molar-refractivity contribution in [3.05, 3.63) is 35.9 Å². The molecule has 1 atom stereocenters. The largest absolute Gasteiger partial charge is 0.465 e. The van der Waals surface area contributed by atoms with E-state index in [1.807, 2.05) is 25.1 Å². The third-order valence-corrected chi connectivity index (χ3v) is 3.30. The van der Waals surface area contributed by atoms with Gasteiger partial charge in [0.1, 0.15) is 0 Å². The van der Waals surface area contributed by atoms with E-state index in [-0.39, 0.29) is 12.0 Å². The van der Waals surface area contributed by atoms with Crippen molar-refractivity contribution < 1.29 is 9.53 Å². The van der Waals surface area contributed by atoms with Gasteiger partial charge in [0.15, 0.2) is 0 Å². The molecule has 2 N–H and O–H groups in total. The molecule has 4 heteroatoms. The highest BCUT2D eigenvalue weighted by atomic mass is 32.2. The number of benzene rings is 1. The first-order chi connectivity index (χ1) is 8.22. The summed E-state index contributed by atoms with van der Waals surface area (Å²) in [7, 11) is 0. The number of thioether (sulfide) groups is 1. The lowest BCUT2D eigenvalue weighted by Gasteiger charge is -2.10. The molecule has 0 heterocycles. The maximum atomic E-state index is 11.1. The van der Waals surface area contributed by atoms with Gasteiger partial charge < -0.3 is 10.5 Å². The Bertz CT molecular complexity index is 329. The van der Waals surface area contributed by atoms with Gasteiger partial charge in [0.25, 0.3) is 0 Å². The third-order valence-electron chi connectivity index (χ3n) is 2.20. The molecule has 1 rings (SSSR count). The van der Waals surface area contributed by atoms with Crippen LogP contribution < -0.4 is 5.73 Å². The second-order valence-corrected chi connectivity index (χ2v) is 4.80. The van der Waals surface area contributed by atoms with Gasteiger partial charge in [0.2, 0.25) is 0 Å². The van der Waals surface area contributed by atoms with Crippen LogP contribution in [0.5, 0.6) is 0 Å². The van der Waals surface area contributed by atoms with E-state index in [1.54, 1.807) is 0 Å². The smallest absolute Gasteiger partial charge is 0.315 e. The Morgan fingerprint density at radius 1 is 1.41 bits per heavy atom. The van der Waals surface area contributed by atoms with Gasteiger partial charge in [0.05, 0.1) is 12.4 Å². The zero-order chi connectivity index (χ0) is 12.5. The molecule has 0 saturated heterocycles. The first-order valence-corrected chi connectivity index (χ1v) is 6.90. The summed E-state index contributed by atoms with van der Waals surface area (Å²) in [5, 5.41) is 0. The predicted molar refractivity (Wildman–Crippen MR) is 72.1 cm³/mol. The lowest BCUT2D eigenvalue weighted by molar-refractivity contribution is -0.139. The minimum absolute atomic E-state index is 0.0804. The van der Waals surface area contributed by atoms with Crippen molar-refractivity contribution in [2.45, 2.75) is 19.4 Å². The molecule has 0 aliphatic carbocycles. The summed E-state index contributed by atoms with van der Waals surface area (Å²) in [4.78, 5) is 11.1. The maximum Gasteiger partial charge on any atom is 0.315 e. The molecule has 0 amide bonds. The molecule has 0 fully saturated rings. The van der Waals surface area contributed by atoms with Crippen LogP contribution in [0.4, 0.5) is 0 Å². The highest BCUT2D eigenvalue weighted by Crippen LogP contribution is 2.07. The number of nitrogens with two attached hydrogens (primary N) is 1.